The van der Waals surface area contributed by atoms with Gasteiger partial charge in [0.25, 0.3) is 0 Å². The van der Waals surface area contributed by atoms with Gasteiger partial charge in [0, 0.05) is 0 Å². The molecule has 0 atom stereocenters. The van der Waals surface area contributed by atoms with Crippen molar-refractivity contribution in [3.05, 3.63) is 41.0 Å². The maximum absolute atomic E-state index is 11.8. The van der Waals surface area contributed by atoms with Crippen LogP contribution in [-0.4, -0.2) is 32.3 Å². The standard InChI is InChI=1S/C17H22O5/c1-5-21-16(18)14(17(19)22-6-2)10-9-13-8-7-12(3)15(11-13)20-4/h7-8,10-11H,5-6,9H2,1-4H3. The van der Waals surface area contributed by atoms with Crippen molar-refractivity contribution in [1.82, 2.24) is 0 Å². The van der Waals surface area contributed by atoms with Crippen molar-refractivity contribution < 1.29 is 23.8 Å². The first-order chi connectivity index (χ1) is 10.5. The lowest BCUT2D eigenvalue weighted by Crippen LogP contribution is -2.18. The van der Waals surface area contributed by atoms with Crippen molar-refractivity contribution in [1.29, 1.82) is 0 Å². The highest BCUT2D eigenvalue weighted by Crippen LogP contribution is 2.20. The Hall–Kier alpha value is -2.30. The number of ether oxygens (including phenoxy) is 3. The van der Waals surface area contributed by atoms with Gasteiger partial charge in [-0.3, -0.25) is 0 Å². The molecule has 0 saturated carbocycles. The van der Waals surface area contributed by atoms with Crippen molar-refractivity contribution in [3.8, 4) is 5.75 Å². The summed E-state index contributed by atoms with van der Waals surface area (Å²) in [5, 5.41) is 0. The largest absolute Gasteiger partial charge is 0.496 e. The molecule has 5 nitrogen and oxygen atoms in total. The number of rotatable bonds is 7. The smallest absolute Gasteiger partial charge is 0.345 e. The predicted octanol–water partition coefficient (Wildman–Crippen LogP) is 2.60. The summed E-state index contributed by atoms with van der Waals surface area (Å²) in [7, 11) is 1.60. The van der Waals surface area contributed by atoms with Crippen molar-refractivity contribution in [2.75, 3.05) is 20.3 Å². The van der Waals surface area contributed by atoms with Crippen LogP contribution in [0.25, 0.3) is 0 Å². The van der Waals surface area contributed by atoms with Crippen molar-refractivity contribution >= 4 is 11.9 Å². The van der Waals surface area contributed by atoms with Gasteiger partial charge in [0.2, 0.25) is 0 Å². The zero-order valence-electron chi connectivity index (χ0n) is 13.5. The van der Waals surface area contributed by atoms with Crippen LogP contribution in [-0.2, 0) is 25.5 Å². The lowest BCUT2D eigenvalue weighted by molar-refractivity contribution is -0.146. The zero-order valence-corrected chi connectivity index (χ0v) is 13.5. The quantitative estimate of drug-likeness (QED) is 0.335. The molecule has 120 valence electrons. The van der Waals surface area contributed by atoms with E-state index in [9.17, 15) is 9.59 Å². The van der Waals surface area contributed by atoms with E-state index < -0.39 is 11.9 Å². The van der Waals surface area contributed by atoms with E-state index in [1.807, 2.05) is 25.1 Å². The maximum Gasteiger partial charge on any atom is 0.345 e. The Morgan fingerprint density at radius 1 is 1.09 bits per heavy atom. The Morgan fingerprint density at radius 2 is 1.68 bits per heavy atom. The molecule has 0 bridgehead atoms. The first kappa shape index (κ1) is 17.8. The molecule has 1 rings (SSSR count). The number of aryl methyl sites for hydroxylation is 1. The average molecular weight is 306 g/mol. The minimum atomic E-state index is -0.667. The van der Waals surface area contributed by atoms with Crippen LogP contribution in [0, 0.1) is 6.92 Å². The van der Waals surface area contributed by atoms with E-state index >= 15 is 0 Å². The van der Waals surface area contributed by atoms with E-state index in [0.717, 1.165) is 16.9 Å². The number of esters is 2. The highest BCUT2D eigenvalue weighted by atomic mass is 16.6. The molecule has 1 aromatic rings. The fraction of sp³-hybridized carbons (Fsp3) is 0.412. The molecule has 0 aromatic heterocycles. The summed E-state index contributed by atoms with van der Waals surface area (Å²) in [6.07, 6.45) is 1.93. The molecule has 0 N–H and O–H groups in total. The number of hydrogen-bond donors (Lipinski definition) is 0. The first-order valence-electron chi connectivity index (χ1n) is 7.21. The number of allylic oxidation sites excluding steroid dienone is 1. The summed E-state index contributed by atoms with van der Waals surface area (Å²) in [4.78, 5) is 23.7. The zero-order chi connectivity index (χ0) is 16.5. The van der Waals surface area contributed by atoms with Crippen LogP contribution < -0.4 is 4.74 Å². The van der Waals surface area contributed by atoms with Gasteiger partial charge in [-0.1, -0.05) is 18.2 Å². The fourth-order valence-electron chi connectivity index (χ4n) is 1.88. The summed E-state index contributed by atoms with van der Waals surface area (Å²) in [5.41, 5.74) is 1.86. The molecule has 0 saturated heterocycles. The molecule has 0 spiro atoms. The number of hydrogen-bond acceptors (Lipinski definition) is 5. The number of benzene rings is 1. The maximum atomic E-state index is 11.8. The van der Waals surface area contributed by atoms with Gasteiger partial charge < -0.3 is 14.2 Å². The van der Waals surface area contributed by atoms with Crippen molar-refractivity contribution in [2.24, 2.45) is 0 Å². The second kappa shape index (κ2) is 8.87. The third-order valence-corrected chi connectivity index (χ3v) is 3.01. The Morgan fingerprint density at radius 3 is 2.18 bits per heavy atom. The molecule has 0 amide bonds. The normalized spacial score (nSPS) is 9.82. The first-order valence-corrected chi connectivity index (χ1v) is 7.21. The van der Waals surface area contributed by atoms with Gasteiger partial charge in [-0.2, -0.15) is 0 Å². The Kier molecular flexibility index (Phi) is 7.16. The third-order valence-electron chi connectivity index (χ3n) is 3.01. The molecule has 0 aliphatic heterocycles. The summed E-state index contributed by atoms with van der Waals surface area (Å²) in [6.45, 7) is 5.72. The molecule has 5 heteroatoms. The van der Waals surface area contributed by atoms with E-state index in [1.165, 1.54) is 6.08 Å². The van der Waals surface area contributed by atoms with Gasteiger partial charge >= 0.3 is 11.9 Å². The molecule has 0 unspecified atom stereocenters. The lowest BCUT2D eigenvalue weighted by Gasteiger charge is -2.08. The number of carbonyl (C=O) groups is 2. The second-order valence-corrected chi connectivity index (χ2v) is 4.57. The Bertz CT molecular complexity index is 540. The minimum Gasteiger partial charge on any atom is -0.496 e. The molecular weight excluding hydrogens is 284 g/mol. The van der Waals surface area contributed by atoms with E-state index in [4.69, 9.17) is 14.2 Å². The van der Waals surface area contributed by atoms with Gasteiger partial charge in [-0.05, 0) is 44.4 Å². The van der Waals surface area contributed by atoms with Gasteiger partial charge in [-0.15, -0.1) is 0 Å². The topological polar surface area (TPSA) is 61.8 Å². The minimum absolute atomic E-state index is 0.0803. The van der Waals surface area contributed by atoms with E-state index in [1.54, 1.807) is 21.0 Å². The monoisotopic (exact) mass is 306 g/mol. The van der Waals surface area contributed by atoms with Gasteiger partial charge in [0.05, 0.1) is 20.3 Å². The second-order valence-electron chi connectivity index (χ2n) is 4.57. The van der Waals surface area contributed by atoms with E-state index in [2.05, 4.69) is 0 Å². The van der Waals surface area contributed by atoms with Crippen LogP contribution in [0.3, 0.4) is 0 Å². The predicted molar refractivity (Wildman–Crippen MR) is 82.8 cm³/mol. The summed E-state index contributed by atoms with van der Waals surface area (Å²) in [5.74, 6) is -0.570. The van der Waals surface area contributed by atoms with E-state index in [-0.39, 0.29) is 18.8 Å². The van der Waals surface area contributed by atoms with Crippen LogP contribution >= 0.6 is 0 Å². The lowest BCUT2D eigenvalue weighted by atomic mass is 10.1. The molecule has 0 fully saturated rings. The molecule has 0 aliphatic rings. The van der Waals surface area contributed by atoms with Crippen molar-refractivity contribution in [2.45, 2.75) is 27.2 Å². The molecule has 22 heavy (non-hydrogen) atoms. The summed E-state index contributed by atoms with van der Waals surface area (Å²) in [6, 6.07) is 5.72. The molecular formula is C17H22O5. The van der Waals surface area contributed by atoms with Crippen LogP contribution in [0.1, 0.15) is 25.0 Å². The molecule has 0 radical (unpaired) electrons. The van der Waals surface area contributed by atoms with Crippen molar-refractivity contribution in [3.63, 3.8) is 0 Å². The third kappa shape index (κ3) is 4.91. The Balaban J connectivity index is 2.97. The highest BCUT2D eigenvalue weighted by Gasteiger charge is 2.20. The average Bonchev–Trinajstić information content (AvgIpc) is 2.49. The number of carbonyl (C=O) groups excluding carboxylic acids is 2. The molecule has 1 aromatic carbocycles. The summed E-state index contributed by atoms with van der Waals surface area (Å²) < 4.78 is 15.0. The van der Waals surface area contributed by atoms with Crippen LogP contribution in [0.2, 0.25) is 0 Å². The van der Waals surface area contributed by atoms with Crippen LogP contribution in [0.15, 0.2) is 29.8 Å². The fourth-order valence-corrected chi connectivity index (χ4v) is 1.88. The van der Waals surface area contributed by atoms with Gasteiger partial charge in [0.1, 0.15) is 11.3 Å². The highest BCUT2D eigenvalue weighted by molar-refractivity contribution is 6.14. The van der Waals surface area contributed by atoms with Crippen LogP contribution in [0.5, 0.6) is 5.75 Å². The summed E-state index contributed by atoms with van der Waals surface area (Å²) >= 11 is 0. The molecule has 0 heterocycles. The van der Waals surface area contributed by atoms with Gasteiger partial charge in [-0.25, -0.2) is 9.59 Å². The van der Waals surface area contributed by atoms with E-state index in [0.29, 0.717) is 6.42 Å². The van der Waals surface area contributed by atoms with Gasteiger partial charge in [0.15, 0.2) is 0 Å². The van der Waals surface area contributed by atoms with Crippen LogP contribution in [0.4, 0.5) is 0 Å². The SMILES string of the molecule is CCOC(=O)C(=CCc1ccc(C)c(OC)c1)C(=O)OCC. The number of methoxy groups -OCH3 is 1. The molecule has 0 aliphatic carbocycles. The Labute approximate surface area is 130 Å².